The van der Waals surface area contributed by atoms with Gasteiger partial charge in [0, 0.05) is 44.1 Å². The van der Waals surface area contributed by atoms with Crippen LogP contribution in [0.4, 0.5) is 5.69 Å². The van der Waals surface area contributed by atoms with Crippen LogP contribution in [0.5, 0.6) is 0 Å². The maximum Gasteiger partial charge on any atom is 0.257 e. The van der Waals surface area contributed by atoms with Crippen molar-refractivity contribution in [3.8, 4) is 0 Å². The number of aromatic nitrogens is 2. The van der Waals surface area contributed by atoms with Gasteiger partial charge in [-0.1, -0.05) is 6.07 Å². The quantitative estimate of drug-likeness (QED) is 0.881. The number of anilines is 1. The first-order valence-corrected chi connectivity index (χ1v) is 5.52. The van der Waals surface area contributed by atoms with E-state index >= 15 is 0 Å². The zero-order chi connectivity index (χ0) is 13.0. The van der Waals surface area contributed by atoms with Crippen molar-refractivity contribution >= 4 is 11.6 Å². The van der Waals surface area contributed by atoms with Crippen molar-refractivity contribution in [3.63, 3.8) is 0 Å². The Kier molecular flexibility index (Phi) is 3.52. The first-order valence-electron chi connectivity index (χ1n) is 5.52. The molecule has 0 saturated carbocycles. The molecule has 0 aliphatic carbocycles. The molecule has 5 nitrogen and oxygen atoms in total. The summed E-state index contributed by atoms with van der Waals surface area (Å²) in [6.45, 7) is 0.487. The lowest BCUT2D eigenvalue weighted by atomic mass is 10.2. The Hall–Kier alpha value is -2.43. The number of amides is 1. The van der Waals surface area contributed by atoms with E-state index in [1.54, 1.807) is 36.6 Å². The Morgan fingerprint density at radius 1 is 1.28 bits per heavy atom. The third-order valence-electron chi connectivity index (χ3n) is 2.57. The lowest BCUT2D eigenvalue weighted by Gasteiger charge is -2.17. The molecule has 0 aliphatic rings. The third-order valence-corrected chi connectivity index (χ3v) is 2.57. The first-order chi connectivity index (χ1) is 8.68. The van der Waals surface area contributed by atoms with Crippen LogP contribution in [0.25, 0.3) is 0 Å². The van der Waals surface area contributed by atoms with Crippen molar-refractivity contribution in [2.45, 2.75) is 6.54 Å². The Balaban J connectivity index is 2.13. The summed E-state index contributed by atoms with van der Waals surface area (Å²) < 4.78 is 0. The highest BCUT2D eigenvalue weighted by Crippen LogP contribution is 2.12. The molecule has 0 fully saturated rings. The number of carbonyl (C=O) groups excluding carboxylic acids is 1. The summed E-state index contributed by atoms with van der Waals surface area (Å²) in [7, 11) is 1.72. The number of hydrogen-bond donors (Lipinski definition) is 1. The molecule has 92 valence electrons. The van der Waals surface area contributed by atoms with Crippen LogP contribution in [0.1, 0.15) is 15.9 Å². The molecule has 2 N–H and O–H groups in total. The van der Waals surface area contributed by atoms with Crippen LogP contribution in [0.3, 0.4) is 0 Å². The molecular weight excluding hydrogens is 228 g/mol. The highest BCUT2D eigenvalue weighted by molar-refractivity contribution is 5.98. The summed E-state index contributed by atoms with van der Waals surface area (Å²) in [4.78, 5) is 21.7. The summed E-state index contributed by atoms with van der Waals surface area (Å²) in [5, 5.41) is 0. The van der Waals surface area contributed by atoms with Crippen LogP contribution in [0, 0.1) is 0 Å². The molecule has 2 rings (SSSR count). The van der Waals surface area contributed by atoms with Gasteiger partial charge >= 0.3 is 0 Å². The second kappa shape index (κ2) is 5.27. The van der Waals surface area contributed by atoms with E-state index in [0.29, 0.717) is 17.8 Å². The molecule has 2 heterocycles. The fourth-order valence-electron chi connectivity index (χ4n) is 1.63. The van der Waals surface area contributed by atoms with Gasteiger partial charge in [0.25, 0.3) is 5.91 Å². The maximum atomic E-state index is 12.2. The van der Waals surface area contributed by atoms with Crippen molar-refractivity contribution in [2.24, 2.45) is 0 Å². The van der Waals surface area contributed by atoms with Gasteiger partial charge in [0.05, 0.1) is 5.56 Å². The summed E-state index contributed by atoms with van der Waals surface area (Å²) in [5.41, 5.74) is 7.58. The predicted molar refractivity (Wildman–Crippen MR) is 68.7 cm³/mol. The number of carbonyl (C=O) groups is 1. The summed E-state index contributed by atoms with van der Waals surface area (Å²) >= 11 is 0. The van der Waals surface area contributed by atoms with Gasteiger partial charge in [-0.3, -0.25) is 14.8 Å². The van der Waals surface area contributed by atoms with Gasteiger partial charge in [0.15, 0.2) is 0 Å². The molecule has 5 heteroatoms. The minimum atomic E-state index is -0.149. The van der Waals surface area contributed by atoms with Crippen LogP contribution in [-0.2, 0) is 6.54 Å². The van der Waals surface area contributed by atoms with Gasteiger partial charge in [-0.05, 0) is 17.7 Å². The standard InChI is InChI=1S/C13H14N4O/c1-17(9-10-3-2-5-15-7-10)13(18)11-8-16-6-4-12(11)14/h2-8H,9H2,1H3,(H2,14,16). The van der Waals surface area contributed by atoms with Gasteiger partial charge in [-0.25, -0.2) is 0 Å². The molecule has 0 bridgehead atoms. The monoisotopic (exact) mass is 242 g/mol. The van der Waals surface area contributed by atoms with Crippen molar-refractivity contribution in [3.05, 3.63) is 54.1 Å². The number of nitrogen functional groups attached to an aromatic ring is 1. The van der Waals surface area contributed by atoms with Crippen LogP contribution in [0.15, 0.2) is 43.0 Å². The van der Waals surface area contributed by atoms with E-state index in [1.807, 2.05) is 12.1 Å². The predicted octanol–water partition coefficient (Wildman–Crippen LogP) is 1.33. The van der Waals surface area contributed by atoms with E-state index in [1.165, 1.54) is 6.20 Å². The second-order valence-electron chi connectivity index (χ2n) is 3.99. The van der Waals surface area contributed by atoms with E-state index in [9.17, 15) is 4.79 Å². The Labute approximate surface area is 105 Å². The molecule has 0 aromatic carbocycles. The number of nitrogens with two attached hydrogens (primary N) is 1. The molecule has 2 aromatic rings. The summed E-state index contributed by atoms with van der Waals surface area (Å²) in [6.07, 6.45) is 6.48. The molecule has 1 amide bonds. The normalized spacial score (nSPS) is 10.1. The minimum absolute atomic E-state index is 0.149. The molecule has 0 atom stereocenters. The van der Waals surface area contributed by atoms with Gasteiger partial charge in [-0.2, -0.15) is 0 Å². The van der Waals surface area contributed by atoms with Gasteiger partial charge in [-0.15, -0.1) is 0 Å². The number of hydrogen-bond acceptors (Lipinski definition) is 4. The van der Waals surface area contributed by atoms with E-state index in [4.69, 9.17) is 5.73 Å². The molecule has 0 unspecified atom stereocenters. The van der Waals surface area contributed by atoms with Gasteiger partial charge < -0.3 is 10.6 Å². The average Bonchev–Trinajstić information content (AvgIpc) is 2.39. The fourth-order valence-corrected chi connectivity index (χ4v) is 1.63. The molecule has 0 saturated heterocycles. The summed E-state index contributed by atoms with van der Waals surface area (Å²) in [5.74, 6) is -0.149. The van der Waals surface area contributed by atoms with Crippen molar-refractivity contribution < 1.29 is 4.79 Å². The van der Waals surface area contributed by atoms with Crippen molar-refractivity contribution in [2.75, 3.05) is 12.8 Å². The molecule has 0 aliphatic heterocycles. The van der Waals surface area contributed by atoms with Crippen LogP contribution in [0.2, 0.25) is 0 Å². The number of pyridine rings is 2. The number of nitrogens with zero attached hydrogens (tertiary/aromatic N) is 3. The topological polar surface area (TPSA) is 72.1 Å². The minimum Gasteiger partial charge on any atom is -0.398 e. The second-order valence-corrected chi connectivity index (χ2v) is 3.99. The lowest BCUT2D eigenvalue weighted by molar-refractivity contribution is 0.0785. The van der Waals surface area contributed by atoms with E-state index in [2.05, 4.69) is 9.97 Å². The largest absolute Gasteiger partial charge is 0.398 e. The smallest absolute Gasteiger partial charge is 0.257 e. The van der Waals surface area contributed by atoms with E-state index < -0.39 is 0 Å². The lowest BCUT2D eigenvalue weighted by Crippen LogP contribution is -2.27. The molecule has 0 spiro atoms. The van der Waals surface area contributed by atoms with Gasteiger partial charge in [0.1, 0.15) is 0 Å². The zero-order valence-electron chi connectivity index (χ0n) is 10.1. The van der Waals surface area contributed by atoms with Crippen LogP contribution >= 0.6 is 0 Å². The van der Waals surface area contributed by atoms with Crippen LogP contribution in [-0.4, -0.2) is 27.8 Å². The van der Waals surface area contributed by atoms with Crippen molar-refractivity contribution in [1.82, 2.24) is 14.9 Å². The van der Waals surface area contributed by atoms with E-state index in [-0.39, 0.29) is 5.91 Å². The highest BCUT2D eigenvalue weighted by atomic mass is 16.2. The maximum absolute atomic E-state index is 12.2. The zero-order valence-corrected chi connectivity index (χ0v) is 10.1. The Morgan fingerprint density at radius 2 is 2.06 bits per heavy atom. The molecule has 18 heavy (non-hydrogen) atoms. The molecular formula is C13H14N4O. The Morgan fingerprint density at radius 3 is 2.72 bits per heavy atom. The van der Waals surface area contributed by atoms with E-state index in [0.717, 1.165) is 5.56 Å². The molecule has 0 radical (unpaired) electrons. The molecule has 2 aromatic heterocycles. The average molecular weight is 242 g/mol. The SMILES string of the molecule is CN(Cc1cccnc1)C(=O)c1cnccc1N. The highest BCUT2D eigenvalue weighted by Gasteiger charge is 2.14. The van der Waals surface area contributed by atoms with Crippen LogP contribution < -0.4 is 5.73 Å². The fraction of sp³-hybridized carbons (Fsp3) is 0.154. The Bertz CT molecular complexity index is 542. The summed E-state index contributed by atoms with van der Waals surface area (Å²) in [6, 6.07) is 5.38. The number of rotatable bonds is 3. The van der Waals surface area contributed by atoms with Gasteiger partial charge in [0.2, 0.25) is 0 Å². The third kappa shape index (κ3) is 2.63. The van der Waals surface area contributed by atoms with Crippen molar-refractivity contribution in [1.29, 1.82) is 0 Å². The first kappa shape index (κ1) is 12.0.